The van der Waals surface area contributed by atoms with Gasteiger partial charge in [0, 0.05) is 23.5 Å². The van der Waals surface area contributed by atoms with E-state index in [1.807, 2.05) is 18.2 Å². The molecule has 4 rings (SSSR count). The Bertz CT molecular complexity index is 988. The van der Waals surface area contributed by atoms with Crippen LogP contribution in [0.5, 0.6) is 0 Å². The lowest BCUT2D eigenvalue weighted by Gasteiger charge is -2.32. The fourth-order valence-corrected chi connectivity index (χ4v) is 4.03. The summed E-state index contributed by atoms with van der Waals surface area (Å²) in [6, 6.07) is 13.6. The van der Waals surface area contributed by atoms with Crippen molar-refractivity contribution in [1.29, 1.82) is 0 Å². The van der Waals surface area contributed by atoms with E-state index < -0.39 is 23.9 Å². The number of pyridine rings is 2. The monoisotopic (exact) mass is 413 g/mol. The van der Waals surface area contributed by atoms with E-state index in [9.17, 15) is 18.3 Å². The third-order valence-electron chi connectivity index (χ3n) is 5.44. The molecule has 0 spiro atoms. The molecule has 0 saturated carbocycles. The summed E-state index contributed by atoms with van der Waals surface area (Å²) in [5.74, 6) is 0. The van der Waals surface area contributed by atoms with Gasteiger partial charge in [-0.05, 0) is 56.3 Å². The summed E-state index contributed by atoms with van der Waals surface area (Å²) in [6.45, 7) is 1.66. The predicted molar refractivity (Wildman–Crippen MR) is 107 cm³/mol. The lowest BCUT2D eigenvalue weighted by Crippen LogP contribution is -2.31. The van der Waals surface area contributed by atoms with Crippen molar-refractivity contribution in [1.82, 2.24) is 14.9 Å². The van der Waals surface area contributed by atoms with E-state index in [2.05, 4.69) is 14.9 Å². The minimum absolute atomic E-state index is 0.320. The van der Waals surface area contributed by atoms with Crippen LogP contribution < -0.4 is 0 Å². The molecular weight excluding hydrogens is 391 g/mol. The molecule has 0 radical (unpaired) electrons. The molecule has 1 aliphatic rings. The van der Waals surface area contributed by atoms with Gasteiger partial charge in [0.2, 0.25) is 0 Å². The molecular formula is C23H22F3N3O. The van der Waals surface area contributed by atoms with Gasteiger partial charge in [-0.2, -0.15) is 13.2 Å². The number of nitrogens with zero attached hydrogens (tertiary/aromatic N) is 3. The molecule has 2 unspecified atom stereocenters. The number of benzene rings is 1. The van der Waals surface area contributed by atoms with Gasteiger partial charge in [0.1, 0.15) is 6.10 Å². The van der Waals surface area contributed by atoms with E-state index >= 15 is 0 Å². The van der Waals surface area contributed by atoms with Gasteiger partial charge in [-0.1, -0.05) is 24.3 Å². The van der Waals surface area contributed by atoms with Crippen LogP contribution in [0.2, 0.25) is 0 Å². The second kappa shape index (κ2) is 8.53. The molecule has 1 saturated heterocycles. The zero-order valence-electron chi connectivity index (χ0n) is 16.3. The van der Waals surface area contributed by atoms with Crippen LogP contribution in [0.3, 0.4) is 0 Å². The molecule has 1 N–H and O–H groups in total. The number of likely N-dealkylation sites (tertiary alicyclic amines) is 1. The highest BCUT2D eigenvalue weighted by Gasteiger charge is 2.34. The summed E-state index contributed by atoms with van der Waals surface area (Å²) in [4.78, 5) is 11.0. The second-order valence-electron chi connectivity index (χ2n) is 7.41. The van der Waals surface area contributed by atoms with Crippen molar-refractivity contribution in [2.45, 2.75) is 31.2 Å². The first-order chi connectivity index (χ1) is 14.4. The molecule has 30 heavy (non-hydrogen) atoms. The summed E-state index contributed by atoms with van der Waals surface area (Å²) < 4.78 is 39.6. The number of hydrogen-bond donors (Lipinski definition) is 1. The smallest absolute Gasteiger partial charge is 0.386 e. The Morgan fingerprint density at radius 1 is 0.900 bits per heavy atom. The van der Waals surface area contributed by atoms with Gasteiger partial charge >= 0.3 is 6.18 Å². The molecule has 156 valence electrons. The highest BCUT2D eigenvalue weighted by atomic mass is 19.4. The molecule has 0 amide bonds. The van der Waals surface area contributed by atoms with Crippen molar-refractivity contribution in [2.75, 3.05) is 13.1 Å². The van der Waals surface area contributed by atoms with E-state index in [1.54, 1.807) is 24.4 Å². The van der Waals surface area contributed by atoms with Gasteiger partial charge in [-0.3, -0.25) is 14.9 Å². The average molecular weight is 413 g/mol. The number of rotatable bonds is 5. The largest absolute Gasteiger partial charge is 0.416 e. The number of hydrogen-bond acceptors (Lipinski definition) is 4. The van der Waals surface area contributed by atoms with Crippen molar-refractivity contribution in [2.24, 2.45) is 0 Å². The predicted octanol–water partition coefficient (Wildman–Crippen LogP) is 5.03. The van der Waals surface area contributed by atoms with Crippen LogP contribution >= 0.6 is 0 Å². The van der Waals surface area contributed by atoms with Gasteiger partial charge in [-0.15, -0.1) is 0 Å². The molecule has 7 heteroatoms. The zero-order valence-corrected chi connectivity index (χ0v) is 16.3. The molecule has 3 heterocycles. The summed E-state index contributed by atoms with van der Waals surface area (Å²) >= 11 is 0. The first-order valence-electron chi connectivity index (χ1n) is 9.91. The molecule has 2 aromatic heterocycles. The van der Waals surface area contributed by atoms with Crippen molar-refractivity contribution in [3.63, 3.8) is 0 Å². The third-order valence-corrected chi connectivity index (χ3v) is 5.44. The van der Waals surface area contributed by atoms with Crippen molar-refractivity contribution in [3.05, 3.63) is 83.8 Å². The number of aliphatic hydroxyl groups is 1. The first kappa shape index (κ1) is 20.5. The minimum atomic E-state index is -4.45. The minimum Gasteiger partial charge on any atom is -0.386 e. The zero-order chi connectivity index (χ0) is 21.1. The maximum atomic E-state index is 13.2. The molecule has 1 aliphatic heterocycles. The molecule has 4 nitrogen and oxygen atoms in total. The van der Waals surface area contributed by atoms with Gasteiger partial charge in [0.25, 0.3) is 0 Å². The van der Waals surface area contributed by atoms with Gasteiger partial charge in [0.15, 0.2) is 0 Å². The first-order valence-corrected chi connectivity index (χ1v) is 9.91. The quantitative estimate of drug-likeness (QED) is 0.637. The topological polar surface area (TPSA) is 49.3 Å². The van der Waals surface area contributed by atoms with Crippen LogP contribution in [0.25, 0.3) is 11.3 Å². The Hall–Kier alpha value is -2.77. The normalized spacial score (nSPS) is 17.1. The Morgan fingerprint density at radius 2 is 1.67 bits per heavy atom. The van der Waals surface area contributed by atoms with Crippen LogP contribution in [0.15, 0.2) is 67.0 Å². The van der Waals surface area contributed by atoms with Gasteiger partial charge in [0.05, 0.1) is 23.0 Å². The van der Waals surface area contributed by atoms with Crippen LogP contribution in [0.4, 0.5) is 13.2 Å². The molecule has 0 aliphatic carbocycles. The molecule has 1 fully saturated rings. The van der Waals surface area contributed by atoms with Crippen LogP contribution in [0.1, 0.15) is 41.8 Å². The number of halogens is 3. The standard InChI is InChI=1S/C23H22F3N3O/c24-23(25,26)17-8-5-7-16(15-17)20-18(9-6-12-28-20)22(30)21(29-13-3-4-14-29)19-10-1-2-11-27-19/h1-2,5-12,15,21-22,30H,3-4,13-14H2. The summed E-state index contributed by atoms with van der Waals surface area (Å²) in [6.07, 6.45) is -0.168. The SMILES string of the molecule is OC(c1cccnc1-c1cccc(C(F)(F)F)c1)C(c1ccccn1)N1CCCC1. The molecule has 2 atom stereocenters. The Morgan fingerprint density at radius 3 is 2.37 bits per heavy atom. The van der Waals surface area contributed by atoms with Crippen LogP contribution in [0, 0.1) is 0 Å². The van der Waals surface area contributed by atoms with E-state index in [0.717, 1.165) is 43.8 Å². The van der Waals surface area contributed by atoms with Crippen LogP contribution in [-0.2, 0) is 6.18 Å². The van der Waals surface area contributed by atoms with Crippen molar-refractivity contribution >= 4 is 0 Å². The van der Waals surface area contributed by atoms with E-state index in [-0.39, 0.29) is 0 Å². The van der Waals surface area contributed by atoms with Crippen molar-refractivity contribution < 1.29 is 18.3 Å². The fraction of sp³-hybridized carbons (Fsp3) is 0.304. The van der Waals surface area contributed by atoms with E-state index in [4.69, 9.17) is 0 Å². The Labute approximate surface area is 173 Å². The highest BCUT2D eigenvalue weighted by molar-refractivity contribution is 5.64. The summed E-state index contributed by atoms with van der Waals surface area (Å²) in [5.41, 5.74) is 1.13. The summed E-state index contributed by atoms with van der Waals surface area (Å²) in [7, 11) is 0. The lowest BCUT2D eigenvalue weighted by molar-refractivity contribution is -0.137. The number of alkyl halides is 3. The third kappa shape index (κ3) is 4.22. The van der Waals surface area contributed by atoms with Crippen molar-refractivity contribution in [3.8, 4) is 11.3 Å². The lowest BCUT2D eigenvalue weighted by atomic mass is 9.93. The average Bonchev–Trinajstić information content (AvgIpc) is 3.28. The molecule has 0 bridgehead atoms. The van der Waals surface area contributed by atoms with E-state index in [1.165, 1.54) is 12.3 Å². The Balaban J connectivity index is 1.77. The molecule has 3 aromatic rings. The maximum Gasteiger partial charge on any atom is 0.416 e. The number of aromatic nitrogens is 2. The van der Waals surface area contributed by atoms with E-state index in [0.29, 0.717) is 16.8 Å². The number of aliphatic hydroxyl groups excluding tert-OH is 1. The maximum absolute atomic E-state index is 13.2. The summed E-state index contributed by atoms with van der Waals surface area (Å²) in [5, 5.41) is 11.4. The Kier molecular flexibility index (Phi) is 5.83. The highest BCUT2D eigenvalue weighted by Crippen LogP contribution is 2.39. The molecule has 1 aromatic carbocycles. The second-order valence-corrected chi connectivity index (χ2v) is 7.41. The van der Waals surface area contributed by atoms with Gasteiger partial charge in [-0.25, -0.2) is 0 Å². The van der Waals surface area contributed by atoms with Crippen LogP contribution in [-0.4, -0.2) is 33.1 Å². The van der Waals surface area contributed by atoms with Gasteiger partial charge < -0.3 is 5.11 Å². The fourth-order valence-electron chi connectivity index (χ4n) is 4.03.